The summed E-state index contributed by atoms with van der Waals surface area (Å²) in [6.07, 6.45) is 2.63. The quantitative estimate of drug-likeness (QED) is 0.603. The van der Waals surface area contributed by atoms with Gasteiger partial charge in [0.1, 0.15) is 0 Å². The van der Waals surface area contributed by atoms with Gasteiger partial charge in [0.15, 0.2) is 0 Å². The lowest BCUT2D eigenvalue weighted by Gasteiger charge is -2.45. The Labute approximate surface area is 62.4 Å². The van der Waals surface area contributed by atoms with E-state index >= 15 is 0 Å². The van der Waals surface area contributed by atoms with Gasteiger partial charge in [0.2, 0.25) is 0 Å². The van der Waals surface area contributed by atoms with Gasteiger partial charge in [0.25, 0.3) is 0 Å². The lowest BCUT2D eigenvalue weighted by Crippen LogP contribution is -2.55. The number of nitrogens with two attached hydrogens (primary N) is 1. The third kappa shape index (κ3) is 1.18. The van der Waals surface area contributed by atoms with Gasteiger partial charge in [-0.05, 0) is 18.8 Å². The summed E-state index contributed by atoms with van der Waals surface area (Å²) in [4.78, 5) is 0. The lowest BCUT2D eigenvalue weighted by molar-refractivity contribution is -0.0898. The molecule has 1 aliphatic carbocycles. The molecule has 0 heterocycles. The molecule has 0 aliphatic heterocycles. The molecule has 0 aromatic rings. The highest BCUT2D eigenvalue weighted by molar-refractivity contribution is 4.99. The maximum atomic E-state index is 9.77. The average Bonchev–Trinajstić information content (AvgIpc) is 1.83. The predicted octanol–water partition coefficient (Wildman–Crippen LogP) is 0.885. The molecular formula is C8H17NO. The molecule has 60 valence electrons. The van der Waals surface area contributed by atoms with E-state index in [-0.39, 0.29) is 6.04 Å². The molecule has 1 atom stereocenters. The summed E-state index contributed by atoms with van der Waals surface area (Å²) < 4.78 is 0. The van der Waals surface area contributed by atoms with E-state index in [2.05, 4.69) is 13.8 Å². The number of hydrogen-bond donors (Lipinski definition) is 2. The molecule has 0 radical (unpaired) electrons. The first-order valence-electron chi connectivity index (χ1n) is 4.06. The standard InChI is InChI=1S/C8H17NO/c1-3-6(2)8(10)4-7(9)5-8/h6-7,10H,3-5,9H2,1-2H3. The van der Waals surface area contributed by atoms with Gasteiger partial charge in [-0.15, -0.1) is 0 Å². The van der Waals surface area contributed by atoms with E-state index in [0.29, 0.717) is 5.92 Å². The summed E-state index contributed by atoms with van der Waals surface area (Å²) in [6.45, 7) is 4.19. The van der Waals surface area contributed by atoms with E-state index in [1.807, 2.05) is 0 Å². The second kappa shape index (κ2) is 2.51. The van der Waals surface area contributed by atoms with E-state index in [1.54, 1.807) is 0 Å². The Bertz CT molecular complexity index is 118. The summed E-state index contributed by atoms with van der Waals surface area (Å²) in [7, 11) is 0. The van der Waals surface area contributed by atoms with Crippen LogP contribution in [0.25, 0.3) is 0 Å². The van der Waals surface area contributed by atoms with Crippen LogP contribution in [0.2, 0.25) is 0 Å². The molecule has 0 aromatic heterocycles. The van der Waals surface area contributed by atoms with Crippen LogP contribution in [0, 0.1) is 5.92 Å². The predicted molar refractivity (Wildman–Crippen MR) is 41.6 cm³/mol. The van der Waals surface area contributed by atoms with Crippen molar-refractivity contribution in [3.63, 3.8) is 0 Å². The van der Waals surface area contributed by atoms with Gasteiger partial charge in [-0.1, -0.05) is 20.3 Å². The molecule has 3 N–H and O–H groups in total. The average molecular weight is 143 g/mol. The minimum Gasteiger partial charge on any atom is -0.389 e. The third-order valence-electron chi connectivity index (χ3n) is 2.76. The van der Waals surface area contributed by atoms with Crippen LogP contribution in [0.3, 0.4) is 0 Å². The fourth-order valence-electron chi connectivity index (χ4n) is 1.63. The molecule has 1 saturated carbocycles. The van der Waals surface area contributed by atoms with Gasteiger partial charge in [-0.25, -0.2) is 0 Å². The summed E-state index contributed by atoms with van der Waals surface area (Å²) in [6, 6.07) is 0.249. The van der Waals surface area contributed by atoms with Crippen LogP contribution in [0.15, 0.2) is 0 Å². The Kier molecular flexibility index (Phi) is 2.02. The van der Waals surface area contributed by atoms with Crippen LogP contribution in [-0.2, 0) is 0 Å². The van der Waals surface area contributed by atoms with Crippen LogP contribution < -0.4 is 5.73 Å². The van der Waals surface area contributed by atoms with Crippen molar-refractivity contribution in [3.8, 4) is 0 Å². The SMILES string of the molecule is CCC(C)C1(O)CC(N)C1. The molecular weight excluding hydrogens is 126 g/mol. The first-order valence-corrected chi connectivity index (χ1v) is 4.06. The highest BCUT2D eigenvalue weighted by atomic mass is 16.3. The van der Waals surface area contributed by atoms with E-state index in [1.165, 1.54) is 0 Å². The third-order valence-corrected chi connectivity index (χ3v) is 2.76. The highest BCUT2D eigenvalue weighted by Gasteiger charge is 2.43. The Hall–Kier alpha value is -0.0800. The van der Waals surface area contributed by atoms with Gasteiger partial charge < -0.3 is 10.8 Å². The van der Waals surface area contributed by atoms with Crippen molar-refractivity contribution in [1.82, 2.24) is 0 Å². The lowest BCUT2D eigenvalue weighted by atomic mass is 9.68. The Morgan fingerprint density at radius 3 is 2.50 bits per heavy atom. The molecule has 0 amide bonds. The van der Waals surface area contributed by atoms with E-state index in [9.17, 15) is 5.11 Å². The van der Waals surface area contributed by atoms with Crippen LogP contribution in [0.5, 0.6) is 0 Å². The van der Waals surface area contributed by atoms with Crippen molar-refractivity contribution in [2.24, 2.45) is 11.7 Å². The zero-order valence-corrected chi connectivity index (χ0v) is 6.80. The molecule has 0 spiro atoms. The van der Waals surface area contributed by atoms with E-state index in [4.69, 9.17) is 5.73 Å². The fraction of sp³-hybridized carbons (Fsp3) is 1.00. The maximum absolute atomic E-state index is 9.77. The van der Waals surface area contributed by atoms with Crippen molar-refractivity contribution >= 4 is 0 Å². The van der Waals surface area contributed by atoms with E-state index in [0.717, 1.165) is 19.3 Å². The Morgan fingerprint density at radius 1 is 1.70 bits per heavy atom. The number of hydrogen-bond acceptors (Lipinski definition) is 2. The summed E-state index contributed by atoms with van der Waals surface area (Å²) in [5, 5.41) is 9.77. The summed E-state index contributed by atoms with van der Waals surface area (Å²) in [5.41, 5.74) is 5.16. The first kappa shape index (κ1) is 8.02. The molecule has 1 aliphatic rings. The molecule has 10 heavy (non-hydrogen) atoms. The van der Waals surface area contributed by atoms with Gasteiger partial charge >= 0.3 is 0 Å². The molecule has 2 nitrogen and oxygen atoms in total. The van der Waals surface area contributed by atoms with Crippen molar-refractivity contribution < 1.29 is 5.11 Å². The van der Waals surface area contributed by atoms with E-state index < -0.39 is 5.60 Å². The highest BCUT2D eigenvalue weighted by Crippen LogP contribution is 2.38. The normalized spacial score (nSPS) is 42.6. The largest absolute Gasteiger partial charge is 0.389 e. The maximum Gasteiger partial charge on any atom is 0.0702 e. The van der Waals surface area contributed by atoms with Gasteiger partial charge in [-0.2, -0.15) is 0 Å². The summed E-state index contributed by atoms with van der Waals surface area (Å²) >= 11 is 0. The molecule has 1 rings (SSSR count). The molecule has 1 unspecified atom stereocenters. The van der Waals surface area contributed by atoms with Gasteiger partial charge in [0, 0.05) is 6.04 Å². The Morgan fingerprint density at radius 2 is 2.20 bits per heavy atom. The van der Waals surface area contributed by atoms with Crippen LogP contribution in [0.1, 0.15) is 33.1 Å². The van der Waals surface area contributed by atoms with Crippen LogP contribution in [-0.4, -0.2) is 16.7 Å². The Balaban J connectivity index is 2.40. The molecule has 2 heteroatoms. The minimum absolute atomic E-state index is 0.249. The second-order valence-electron chi connectivity index (χ2n) is 3.58. The van der Waals surface area contributed by atoms with Crippen molar-refractivity contribution in [2.75, 3.05) is 0 Å². The van der Waals surface area contributed by atoms with Crippen molar-refractivity contribution in [1.29, 1.82) is 0 Å². The molecule has 0 saturated heterocycles. The van der Waals surface area contributed by atoms with Crippen LogP contribution >= 0.6 is 0 Å². The van der Waals surface area contributed by atoms with Crippen molar-refractivity contribution in [2.45, 2.75) is 44.8 Å². The van der Waals surface area contributed by atoms with Gasteiger partial charge in [0.05, 0.1) is 5.60 Å². The minimum atomic E-state index is -0.422. The zero-order valence-electron chi connectivity index (χ0n) is 6.80. The van der Waals surface area contributed by atoms with Gasteiger partial charge in [-0.3, -0.25) is 0 Å². The zero-order chi connectivity index (χ0) is 7.78. The smallest absolute Gasteiger partial charge is 0.0702 e. The number of aliphatic hydroxyl groups is 1. The number of rotatable bonds is 2. The molecule has 1 fully saturated rings. The fourth-order valence-corrected chi connectivity index (χ4v) is 1.63. The van der Waals surface area contributed by atoms with Crippen LogP contribution in [0.4, 0.5) is 0 Å². The second-order valence-corrected chi connectivity index (χ2v) is 3.58. The van der Waals surface area contributed by atoms with Crippen molar-refractivity contribution in [3.05, 3.63) is 0 Å². The molecule has 0 aromatic carbocycles. The topological polar surface area (TPSA) is 46.2 Å². The monoisotopic (exact) mass is 143 g/mol. The molecule has 0 bridgehead atoms. The first-order chi connectivity index (χ1) is 4.58. The summed E-state index contributed by atoms with van der Waals surface area (Å²) in [5.74, 6) is 0.410.